The third-order valence-corrected chi connectivity index (χ3v) is 4.87. The predicted octanol–water partition coefficient (Wildman–Crippen LogP) is 4.09. The molecule has 2 aromatic carbocycles. The minimum atomic E-state index is -0.432. The maximum atomic E-state index is 12.2. The lowest BCUT2D eigenvalue weighted by atomic mass is 9.97. The van der Waals surface area contributed by atoms with Crippen LogP contribution in [-0.2, 0) is 14.3 Å². The summed E-state index contributed by atoms with van der Waals surface area (Å²) in [6.07, 6.45) is 0.557. The Labute approximate surface area is 172 Å². The van der Waals surface area contributed by atoms with Crippen molar-refractivity contribution in [2.24, 2.45) is 5.10 Å². The standard InChI is InChI=1S/C21H21BrN2O4/c1-3-27-21(26)13-28-20-7-5-4-6-17(20)19-12-18(23-24(19)14(2)25)15-8-10-16(22)11-9-15/h4-11,19H,3,12-13H2,1-2H3/t19-/m0/s1. The van der Waals surface area contributed by atoms with E-state index in [4.69, 9.17) is 9.47 Å². The molecular weight excluding hydrogens is 424 g/mol. The number of hydrogen-bond donors (Lipinski definition) is 0. The number of benzene rings is 2. The largest absolute Gasteiger partial charge is 0.482 e. The van der Waals surface area contributed by atoms with Gasteiger partial charge in [0.05, 0.1) is 18.4 Å². The number of carbonyl (C=O) groups excluding carboxylic acids is 2. The van der Waals surface area contributed by atoms with Crippen molar-refractivity contribution >= 4 is 33.5 Å². The van der Waals surface area contributed by atoms with E-state index in [9.17, 15) is 9.59 Å². The van der Waals surface area contributed by atoms with Gasteiger partial charge < -0.3 is 9.47 Å². The van der Waals surface area contributed by atoms with E-state index in [0.29, 0.717) is 18.8 Å². The van der Waals surface area contributed by atoms with Crippen LogP contribution < -0.4 is 4.74 Å². The molecule has 0 bridgehead atoms. The predicted molar refractivity (Wildman–Crippen MR) is 109 cm³/mol. The van der Waals surface area contributed by atoms with Gasteiger partial charge in [-0.3, -0.25) is 4.79 Å². The van der Waals surface area contributed by atoms with E-state index in [1.54, 1.807) is 13.0 Å². The Morgan fingerprint density at radius 3 is 2.57 bits per heavy atom. The normalized spacial score (nSPS) is 15.9. The van der Waals surface area contributed by atoms with Gasteiger partial charge in [-0.1, -0.05) is 46.3 Å². The highest BCUT2D eigenvalue weighted by Crippen LogP contribution is 2.37. The first-order valence-electron chi connectivity index (χ1n) is 9.00. The Morgan fingerprint density at radius 2 is 1.89 bits per heavy atom. The first kappa shape index (κ1) is 20.1. The van der Waals surface area contributed by atoms with Crippen molar-refractivity contribution in [2.45, 2.75) is 26.3 Å². The van der Waals surface area contributed by atoms with Gasteiger partial charge in [0.15, 0.2) is 6.61 Å². The van der Waals surface area contributed by atoms with Crippen molar-refractivity contribution < 1.29 is 19.1 Å². The van der Waals surface area contributed by atoms with Crippen molar-refractivity contribution in [3.63, 3.8) is 0 Å². The maximum absolute atomic E-state index is 12.2. The first-order valence-corrected chi connectivity index (χ1v) is 9.79. The second-order valence-electron chi connectivity index (χ2n) is 6.27. The molecule has 2 aromatic rings. The Morgan fingerprint density at radius 1 is 1.18 bits per heavy atom. The van der Waals surface area contributed by atoms with E-state index < -0.39 is 5.97 Å². The van der Waals surface area contributed by atoms with Crippen LogP contribution in [-0.4, -0.2) is 35.8 Å². The number of halogens is 1. The molecule has 146 valence electrons. The number of amides is 1. The number of rotatable bonds is 6. The number of para-hydroxylation sites is 1. The maximum Gasteiger partial charge on any atom is 0.344 e. The molecule has 0 N–H and O–H groups in total. The third-order valence-electron chi connectivity index (χ3n) is 4.34. The molecule has 28 heavy (non-hydrogen) atoms. The summed E-state index contributed by atoms with van der Waals surface area (Å²) in [7, 11) is 0. The molecule has 0 fully saturated rings. The Hall–Kier alpha value is -2.67. The lowest BCUT2D eigenvalue weighted by Crippen LogP contribution is -2.25. The summed E-state index contributed by atoms with van der Waals surface area (Å²) in [5, 5.41) is 6.03. The first-order chi connectivity index (χ1) is 13.5. The van der Waals surface area contributed by atoms with Gasteiger partial charge in [0.25, 0.3) is 0 Å². The molecule has 0 saturated heterocycles. The van der Waals surface area contributed by atoms with Crippen molar-refractivity contribution in [1.82, 2.24) is 5.01 Å². The van der Waals surface area contributed by atoms with Gasteiger partial charge in [0.1, 0.15) is 5.75 Å². The van der Waals surface area contributed by atoms with Gasteiger partial charge in [-0.05, 0) is 30.7 Å². The van der Waals surface area contributed by atoms with E-state index in [1.807, 2.05) is 42.5 Å². The minimum absolute atomic E-state index is 0.155. The molecular formula is C21H21BrN2O4. The number of carbonyl (C=O) groups is 2. The molecule has 0 aromatic heterocycles. The summed E-state index contributed by atoms with van der Waals surface area (Å²) in [5.74, 6) is -0.0460. The van der Waals surface area contributed by atoms with E-state index in [-0.39, 0.29) is 18.6 Å². The van der Waals surface area contributed by atoms with Gasteiger partial charge in [0.2, 0.25) is 5.91 Å². The van der Waals surface area contributed by atoms with E-state index in [1.165, 1.54) is 11.9 Å². The van der Waals surface area contributed by atoms with E-state index in [2.05, 4.69) is 21.0 Å². The van der Waals surface area contributed by atoms with Gasteiger partial charge in [-0.2, -0.15) is 5.10 Å². The molecule has 1 aliphatic rings. The number of hydrogen-bond acceptors (Lipinski definition) is 5. The molecule has 7 heteroatoms. The van der Waals surface area contributed by atoms with Crippen LogP contribution in [0.4, 0.5) is 0 Å². The smallest absolute Gasteiger partial charge is 0.344 e. The summed E-state index contributed by atoms with van der Waals surface area (Å²) in [6.45, 7) is 3.35. The van der Waals surface area contributed by atoms with Gasteiger partial charge in [-0.15, -0.1) is 0 Å². The summed E-state index contributed by atoms with van der Waals surface area (Å²) in [5.41, 5.74) is 2.59. The molecule has 1 amide bonds. The van der Waals surface area contributed by atoms with Crippen LogP contribution in [0, 0.1) is 0 Å². The zero-order chi connectivity index (χ0) is 20.1. The van der Waals surface area contributed by atoms with Crippen molar-refractivity contribution in [1.29, 1.82) is 0 Å². The number of nitrogens with zero attached hydrogens (tertiary/aromatic N) is 2. The molecule has 3 rings (SSSR count). The molecule has 1 aliphatic heterocycles. The fourth-order valence-corrected chi connectivity index (χ4v) is 3.35. The molecule has 1 atom stereocenters. The van der Waals surface area contributed by atoms with Gasteiger partial charge in [-0.25, -0.2) is 9.80 Å². The molecule has 0 aliphatic carbocycles. The molecule has 6 nitrogen and oxygen atoms in total. The van der Waals surface area contributed by atoms with Crippen LogP contribution >= 0.6 is 15.9 Å². The second kappa shape index (κ2) is 9.01. The Kier molecular flexibility index (Phi) is 6.46. The highest BCUT2D eigenvalue weighted by molar-refractivity contribution is 9.10. The molecule has 0 radical (unpaired) electrons. The van der Waals surface area contributed by atoms with Crippen molar-refractivity contribution in [3.05, 3.63) is 64.1 Å². The molecule has 1 heterocycles. The van der Waals surface area contributed by atoms with Crippen LogP contribution in [0.15, 0.2) is 58.1 Å². The van der Waals surface area contributed by atoms with Crippen LogP contribution in [0.25, 0.3) is 0 Å². The van der Waals surface area contributed by atoms with Crippen LogP contribution in [0.5, 0.6) is 5.75 Å². The fraction of sp³-hybridized carbons (Fsp3) is 0.286. The number of hydrazone groups is 1. The van der Waals surface area contributed by atoms with E-state index in [0.717, 1.165) is 21.3 Å². The second-order valence-corrected chi connectivity index (χ2v) is 7.18. The number of ether oxygens (including phenoxy) is 2. The van der Waals surface area contributed by atoms with Crippen LogP contribution in [0.2, 0.25) is 0 Å². The average molecular weight is 445 g/mol. The summed E-state index contributed by atoms with van der Waals surface area (Å²) in [4.78, 5) is 23.9. The third kappa shape index (κ3) is 4.59. The summed E-state index contributed by atoms with van der Waals surface area (Å²) in [6, 6.07) is 14.9. The lowest BCUT2D eigenvalue weighted by Gasteiger charge is -2.22. The highest BCUT2D eigenvalue weighted by Gasteiger charge is 2.33. The zero-order valence-electron chi connectivity index (χ0n) is 15.7. The average Bonchev–Trinajstić information content (AvgIpc) is 3.13. The SMILES string of the molecule is CCOC(=O)COc1ccccc1[C@@H]1CC(c2ccc(Br)cc2)=NN1C(C)=O. The zero-order valence-corrected chi connectivity index (χ0v) is 17.3. The summed E-state index contributed by atoms with van der Waals surface area (Å²) >= 11 is 3.43. The Balaban J connectivity index is 1.85. The molecule has 0 unspecified atom stereocenters. The lowest BCUT2D eigenvalue weighted by molar-refractivity contribution is -0.145. The fourth-order valence-electron chi connectivity index (χ4n) is 3.09. The minimum Gasteiger partial charge on any atom is -0.482 e. The highest BCUT2D eigenvalue weighted by atomic mass is 79.9. The Bertz CT molecular complexity index is 896. The van der Waals surface area contributed by atoms with Crippen LogP contribution in [0.3, 0.4) is 0 Å². The quantitative estimate of drug-likeness (QED) is 0.629. The van der Waals surface area contributed by atoms with Crippen molar-refractivity contribution in [2.75, 3.05) is 13.2 Å². The van der Waals surface area contributed by atoms with E-state index >= 15 is 0 Å². The van der Waals surface area contributed by atoms with Gasteiger partial charge >= 0.3 is 5.97 Å². The van der Waals surface area contributed by atoms with Gasteiger partial charge in [0, 0.05) is 23.4 Å². The monoisotopic (exact) mass is 444 g/mol. The molecule has 0 saturated carbocycles. The molecule has 0 spiro atoms. The topological polar surface area (TPSA) is 68.2 Å². The summed E-state index contributed by atoms with van der Waals surface area (Å²) < 4.78 is 11.6. The van der Waals surface area contributed by atoms with Crippen molar-refractivity contribution in [3.8, 4) is 5.75 Å². The van der Waals surface area contributed by atoms with Crippen LogP contribution in [0.1, 0.15) is 37.4 Å². The number of esters is 1.